The molecule has 3 nitrogen and oxygen atoms in total. The van der Waals surface area contributed by atoms with Crippen molar-refractivity contribution in [3.63, 3.8) is 0 Å². The van der Waals surface area contributed by atoms with Gasteiger partial charge in [-0.25, -0.2) is 0 Å². The van der Waals surface area contributed by atoms with Crippen molar-refractivity contribution in [2.75, 3.05) is 11.9 Å². The van der Waals surface area contributed by atoms with Gasteiger partial charge in [0.05, 0.1) is 11.8 Å². The van der Waals surface area contributed by atoms with Crippen molar-refractivity contribution < 1.29 is 0 Å². The van der Waals surface area contributed by atoms with Crippen LogP contribution >= 0.6 is 0 Å². The lowest BCUT2D eigenvalue weighted by molar-refractivity contribution is 1.32. The largest absolute Gasteiger partial charge is 0.371 e. The van der Waals surface area contributed by atoms with Gasteiger partial charge >= 0.3 is 0 Å². The molecule has 64 valence electrons. The molecular formula is C10H9N3. The molecule has 3 heteroatoms. The second kappa shape index (κ2) is 3.20. The first-order valence-electron chi connectivity index (χ1n) is 4.09. The van der Waals surface area contributed by atoms with Crippen LogP contribution in [0.3, 0.4) is 0 Å². The smallest absolute Gasteiger partial charge is 0.103 e. The van der Waals surface area contributed by atoms with Crippen LogP contribution in [0.25, 0.3) is 10.9 Å². The van der Waals surface area contributed by atoms with Gasteiger partial charge in [-0.2, -0.15) is 5.26 Å². The lowest BCUT2D eigenvalue weighted by Gasteiger charge is -1.97. The van der Waals surface area contributed by atoms with E-state index >= 15 is 0 Å². The van der Waals surface area contributed by atoms with Crippen LogP contribution in [0, 0.1) is 11.3 Å². The monoisotopic (exact) mass is 171 g/mol. The molecule has 0 atom stereocenters. The number of aromatic amines is 1. The van der Waals surface area contributed by atoms with Crippen molar-refractivity contribution in [3.05, 3.63) is 30.5 Å². The SMILES string of the molecule is N#CCNc1c[nH]c2ccccc12. The number of H-pyrrole nitrogens is 1. The molecule has 0 aliphatic rings. The maximum atomic E-state index is 8.41. The molecule has 0 saturated heterocycles. The van der Waals surface area contributed by atoms with Gasteiger partial charge < -0.3 is 10.3 Å². The van der Waals surface area contributed by atoms with Crippen molar-refractivity contribution in [3.8, 4) is 6.07 Å². The summed E-state index contributed by atoms with van der Waals surface area (Å²) in [5, 5.41) is 12.6. The second-order valence-electron chi connectivity index (χ2n) is 2.76. The van der Waals surface area contributed by atoms with Crippen LogP contribution in [0.2, 0.25) is 0 Å². The highest BCUT2D eigenvalue weighted by atomic mass is 14.9. The lowest BCUT2D eigenvalue weighted by atomic mass is 10.2. The summed E-state index contributed by atoms with van der Waals surface area (Å²) >= 11 is 0. The van der Waals surface area contributed by atoms with Crippen molar-refractivity contribution in [1.82, 2.24) is 4.98 Å². The minimum Gasteiger partial charge on any atom is -0.371 e. The molecule has 1 heterocycles. The minimum atomic E-state index is 0.335. The summed E-state index contributed by atoms with van der Waals surface area (Å²) < 4.78 is 0. The predicted octanol–water partition coefficient (Wildman–Crippen LogP) is 2.10. The van der Waals surface area contributed by atoms with Crippen molar-refractivity contribution in [2.24, 2.45) is 0 Å². The molecule has 0 aliphatic carbocycles. The maximum Gasteiger partial charge on any atom is 0.103 e. The molecule has 0 fully saturated rings. The summed E-state index contributed by atoms with van der Waals surface area (Å²) in [6.07, 6.45) is 1.88. The molecule has 0 radical (unpaired) electrons. The first-order valence-corrected chi connectivity index (χ1v) is 4.09. The number of rotatable bonds is 2. The van der Waals surface area contributed by atoms with Gasteiger partial charge in [0.1, 0.15) is 6.54 Å². The van der Waals surface area contributed by atoms with Crippen molar-refractivity contribution in [1.29, 1.82) is 5.26 Å². The van der Waals surface area contributed by atoms with E-state index in [0.717, 1.165) is 16.6 Å². The average molecular weight is 171 g/mol. The Morgan fingerprint density at radius 1 is 1.38 bits per heavy atom. The number of hydrogen-bond donors (Lipinski definition) is 2. The third-order valence-electron chi connectivity index (χ3n) is 1.95. The van der Waals surface area contributed by atoms with E-state index in [9.17, 15) is 0 Å². The molecule has 0 amide bonds. The van der Waals surface area contributed by atoms with Crippen LogP contribution in [0.1, 0.15) is 0 Å². The average Bonchev–Trinajstić information content (AvgIpc) is 2.58. The standard InChI is InChI=1S/C10H9N3/c11-5-6-12-10-7-13-9-4-2-1-3-8(9)10/h1-4,7,12-13H,6H2. The van der Waals surface area contributed by atoms with Crippen LogP contribution < -0.4 is 5.32 Å². The number of nitrogens with zero attached hydrogens (tertiary/aromatic N) is 1. The highest BCUT2D eigenvalue weighted by Crippen LogP contribution is 2.21. The van der Waals surface area contributed by atoms with Gasteiger partial charge in [-0.1, -0.05) is 18.2 Å². The van der Waals surface area contributed by atoms with Crippen LogP contribution in [0.4, 0.5) is 5.69 Å². The van der Waals surface area contributed by atoms with Crippen LogP contribution in [-0.2, 0) is 0 Å². The van der Waals surface area contributed by atoms with Crippen molar-refractivity contribution in [2.45, 2.75) is 0 Å². The van der Waals surface area contributed by atoms with Gasteiger partial charge in [-0.15, -0.1) is 0 Å². The summed E-state index contributed by atoms with van der Waals surface area (Å²) in [5.74, 6) is 0. The van der Waals surface area contributed by atoms with E-state index in [1.807, 2.05) is 36.5 Å². The Morgan fingerprint density at radius 3 is 3.08 bits per heavy atom. The van der Waals surface area contributed by atoms with E-state index < -0.39 is 0 Å². The highest BCUT2D eigenvalue weighted by Gasteiger charge is 1.99. The zero-order valence-electron chi connectivity index (χ0n) is 7.04. The zero-order valence-corrected chi connectivity index (χ0v) is 7.04. The molecule has 0 spiro atoms. The Bertz CT molecular complexity index is 450. The summed E-state index contributed by atoms with van der Waals surface area (Å²) in [4.78, 5) is 3.13. The number of nitriles is 1. The Kier molecular flexibility index (Phi) is 1.89. The second-order valence-corrected chi connectivity index (χ2v) is 2.76. The third-order valence-corrected chi connectivity index (χ3v) is 1.95. The van der Waals surface area contributed by atoms with E-state index in [2.05, 4.69) is 10.3 Å². The van der Waals surface area contributed by atoms with Crippen molar-refractivity contribution >= 4 is 16.6 Å². The minimum absolute atomic E-state index is 0.335. The molecule has 0 aliphatic heterocycles. The van der Waals surface area contributed by atoms with Gasteiger partial charge in [-0.05, 0) is 6.07 Å². The fourth-order valence-electron chi connectivity index (χ4n) is 1.35. The zero-order chi connectivity index (χ0) is 9.10. The Balaban J connectivity index is 2.41. The summed E-state index contributed by atoms with van der Waals surface area (Å²) in [6, 6.07) is 10.0. The van der Waals surface area contributed by atoms with Gasteiger partial charge in [0.25, 0.3) is 0 Å². The normalized spacial score (nSPS) is 9.77. The first-order chi connectivity index (χ1) is 6.42. The Morgan fingerprint density at radius 2 is 2.23 bits per heavy atom. The third kappa shape index (κ3) is 1.34. The van der Waals surface area contributed by atoms with E-state index in [1.165, 1.54) is 0 Å². The van der Waals surface area contributed by atoms with E-state index in [-0.39, 0.29) is 0 Å². The molecule has 0 unspecified atom stereocenters. The summed E-state index contributed by atoms with van der Waals surface area (Å²) in [5.41, 5.74) is 2.07. The van der Waals surface area contributed by atoms with Gasteiger partial charge in [0.2, 0.25) is 0 Å². The van der Waals surface area contributed by atoms with Crippen LogP contribution in [0.15, 0.2) is 30.5 Å². The molecule has 13 heavy (non-hydrogen) atoms. The molecule has 0 bridgehead atoms. The Labute approximate surface area is 76.0 Å². The number of hydrogen-bond acceptors (Lipinski definition) is 2. The Hall–Kier alpha value is -1.95. The number of nitrogens with one attached hydrogen (secondary N) is 2. The molecule has 2 rings (SSSR count). The number of fused-ring (bicyclic) bond motifs is 1. The van der Waals surface area contributed by atoms with Crippen LogP contribution in [0.5, 0.6) is 0 Å². The topological polar surface area (TPSA) is 51.6 Å². The molecule has 1 aromatic carbocycles. The van der Waals surface area contributed by atoms with E-state index in [1.54, 1.807) is 0 Å². The highest BCUT2D eigenvalue weighted by molar-refractivity contribution is 5.92. The number of benzene rings is 1. The lowest BCUT2D eigenvalue weighted by Crippen LogP contribution is -1.96. The summed E-state index contributed by atoms with van der Waals surface area (Å²) in [7, 11) is 0. The fraction of sp³-hybridized carbons (Fsp3) is 0.100. The quantitative estimate of drug-likeness (QED) is 0.680. The summed E-state index contributed by atoms with van der Waals surface area (Å²) in [6.45, 7) is 0.335. The van der Waals surface area contributed by atoms with Gasteiger partial charge in [0.15, 0.2) is 0 Å². The number of para-hydroxylation sites is 1. The molecule has 2 N–H and O–H groups in total. The fourth-order valence-corrected chi connectivity index (χ4v) is 1.35. The number of aromatic nitrogens is 1. The van der Waals surface area contributed by atoms with E-state index in [0.29, 0.717) is 6.54 Å². The predicted molar refractivity (Wildman–Crippen MR) is 52.4 cm³/mol. The van der Waals surface area contributed by atoms with Gasteiger partial charge in [0, 0.05) is 17.1 Å². The number of anilines is 1. The van der Waals surface area contributed by atoms with Gasteiger partial charge in [-0.3, -0.25) is 0 Å². The van der Waals surface area contributed by atoms with E-state index in [4.69, 9.17) is 5.26 Å². The van der Waals surface area contributed by atoms with Crippen LogP contribution in [-0.4, -0.2) is 11.5 Å². The molecule has 2 aromatic rings. The molecular weight excluding hydrogens is 162 g/mol. The maximum absolute atomic E-state index is 8.41. The molecule has 1 aromatic heterocycles. The first kappa shape index (κ1) is 7.69. The molecule has 0 saturated carbocycles.